The molecular formula is C26H27N5O2. The van der Waals surface area contributed by atoms with E-state index in [1.807, 2.05) is 60.1 Å². The Morgan fingerprint density at radius 2 is 1.94 bits per heavy atom. The summed E-state index contributed by atoms with van der Waals surface area (Å²) >= 11 is 0. The molecule has 1 aliphatic rings. The predicted molar refractivity (Wildman–Crippen MR) is 125 cm³/mol. The number of aryl methyl sites for hydroxylation is 2. The second-order valence-electron chi connectivity index (χ2n) is 8.72. The normalized spacial score (nSPS) is 14.2. The van der Waals surface area contributed by atoms with E-state index in [0.717, 1.165) is 37.1 Å². The van der Waals surface area contributed by atoms with Crippen LogP contribution in [0.2, 0.25) is 0 Å². The molecule has 0 saturated heterocycles. The van der Waals surface area contributed by atoms with Crippen molar-refractivity contribution in [2.24, 2.45) is 0 Å². The number of amides is 1. The van der Waals surface area contributed by atoms with Crippen LogP contribution < -0.4 is 5.32 Å². The van der Waals surface area contributed by atoms with Gasteiger partial charge < -0.3 is 9.73 Å². The molecule has 2 aromatic heterocycles. The topological polar surface area (TPSA) is 85.8 Å². The zero-order valence-corrected chi connectivity index (χ0v) is 18.9. The molecule has 4 aromatic rings. The lowest BCUT2D eigenvalue weighted by Crippen LogP contribution is -2.33. The van der Waals surface area contributed by atoms with Crippen LogP contribution in [0.5, 0.6) is 0 Å². The molecule has 0 radical (unpaired) electrons. The molecule has 1 atom stereocenters. The molecule has 7 nitrogen and oxygen atoms in total. The third-order valence-electron chi connectivity index (χ3n) is 5.92. The van der Waals surface area contributed by atoms with Crippen molar-refractivity contribution in [2.75, 3.05) is 0 Å². The third-order valence-corrected chi connectivity index (χ3v) is 5.92. The summed E-state index contributed by atoms with van der Waals surface area (Å²) in [5.74, 6) is 1.30. The van der Waals surface area contributed by atoms with Crippen LogP contribution >= 0.6 is 0 Å². The minimum atomic E-state index is -0.0784. The van der Waals surface area contributed by atoms with E-state index >= 15 is 0 Å². The molecular weight excluding hydrogens is 414 g/mol. The Labute approximate surface area is 192 Å². The van der Waals surface area contributed by atoms with Gasteiger partial charge in [0.25, 0.3) is 11.8 Å². The molecule has 1 amide bonds. The fourth-order valence-corrected chi connectivity index (χ4v) is 3.96. The number of hydrogen-bond acceptors (Lipinski definition) is 5. The van der Waals surface area contributed by atoms with Gasteiger partial charge in [0.15, 0.2) is 0 Å². The summed E-state index contributed by atoms with van der Waals surface area (Å²) in [6, 6.07) is 20.0. The number of rotatable bonds is 8. The lowest BCUT2D eigenvalue weighted by molar-refractivity contribution is 0.0938. The Hall–Kier alpha value is -3.74. The third kappa shape index (κ3) is 4.87. The minimum Gasteiger partial charge on any atom is -0.420 e. The van der Waals surface area contributed by atoms with Crippen LogP contribution in [0.3, 0.4) is 0 Å². The second kappa shape index (κ2) is 9.02. The van der Waals surface area contributed by atoms with Gasteiger partial charge in [0.2, 0.25) is 5.89 Å². The summed E-state index contributed by atoms with van der Waals surface area (Å²) < 4.78 is 7.48. The number of aromatic nitrogens is 4. The van der Waals surface area contributed by atoms with Crippen LogP contribution in [0.25, 0.3) is 17.3 Å². The maximum absolute atomic E-state index is 12.9. The van der Waals surface area contributed by atoms with E-state index in [2.05, 4.69) is 27.6 Å². The van der Waals surface area contributed by atoms with Crippen molar-refractivity contribution in [1.82, 2.24) is 25.3 Å². The van der Waals surface area contributed by atoms with Crippen molar-refractivity contribution in [3.05, 3.63) is 83.4 Å². The molecule has 0 unspecified atom stereocenters. The first-order valence-electron chi connectivity index (χ1n) is 11.4. The number of nitrogens with zero attached hydrogens (tertiary/aromatic N) is 4. The molecule has 1 fully saturated rings. The molecule has 1 aliphatic carbocycles. The smallest absolute Gasteiger partial charge is 0.268 e. The van der Waals surface area contributed by atoms with Gasteiger partial charge >= 0.3 is 0 Å². The van der Waals surface area contributed by atoms with E-state index in [9.17, 15) is 4.79 Å². The highest BCUT2D eigenvalue weighted by atomic mass is 16.4. The van der Waals surface area contributed by atoms with E-state index in [4.69, 9.17) is 9.52 Å². The summed E-state index contributed by atoms with van der Waals surface area (Å²) in [5, 5.41) is 15.9. The van der Waals surface area contributed by atoms with Crippen molar-refractivity contribution in [3.63, 3.8) is 0 Å². The molecule has 0 bridgehead atoms. The van der Waals surface area contributed by atoms with Gasteiger partial charge in [-0.2, -0.15) is 5.10 Å². The van der Waals surface area contributed by atoms with Crippen molar-refractivity contribution >= 4 is 5.91 Å². The van der Waals surface area contributed by atoms with Crippen LogP contribution in [0.1, 0.15) is 59.6 Å². The fourth-order valence-electron chi connectivity index (χ4n) is 3.96. The maximum Gasteiger partial charge on any atom is 0.268 e. The van der Waals surface area contributed by atoms with Gasteiger partial charge in [-0.25, -0.2) is 4.68 Å². The average Bonchev–Trinajstić information content (AvgIpc) is 3.43. The minimum absolute atomic E-state index is 0.0699. The van der Waals surface area contributed by atoms with Gasteiger partial charge in [-0.3, -0.25) is 4.79 Å². The summed E-state index contributed by atoms with van der Waals surface area (Å²) in [6.45, 7) is 3.81. The number of hydrogen-bond donors (Lipinski definition) is 1. The summed E-state index contributed by atoms with van der Waals surface area (Å²) in [4.78, 5) is 12.9. The molecule has 168 valence electrons. The van der Waals surface area contributed by atoms with Crippen molar-refractivity contribution in [3.8, 4) is 17.3 Å². The molecule has 0 aliphatic heterocycles. The van der Waals surface area contributed by atoms with Gasteiger partial charge in [-0.15, -0.1) is 10.2 Å². The van der Waals surface area contributed by atoms with E-state index in [1.165, 1.54) is 5.56 Å². The van der Waals surface area contributed by atoms with Crippen molar-refractivity contribution in [2.45, 2.75) is 51.5 Å². The van der Waals surface area contributed by atoms with Crippen LogP contribution in [0.15, 0.2) is 65.1 Å². The molecule has 0 spiro atoms. The molecule has 1 saturated carbocycles. The Bertz CT molecular complexity index is 1260. The zero-order chi connectivity index (χ0) is 22.8. The Balaban J connectivity index is 1.32. The lowest BCUT2D eigenvalue weighted by atomic mass is 10.1. The SMILES string of the molecule is Cc1nnc(-c2cc(C3CC3)n(-c3cccc(C(=O)N[C@@H](C)CCc4ccccc4)c3)n2)o1. The first kappa shape index (κ1) is 21.1. The van der Waals surface area contributed by atoms with E-state index in [-0.39, 0.29) is 11.9 Å². The van der Waals surface area contributed by atoms with Gasteiger partial charge in [0.1, 0.15) is 5.69 Å². The van der Waals surface area contributed by atoms with E-state index in [0.29, 0.717) is 29.0 Å². The Kier molecular flexibility index (Phi) is 5.77. The molecule has 7 heteroatoms. The van der Waals surface area contributed by atoms with Gasteiger partial charge in [0, 0.05) is 30.1 Å². The first-order valence-corrected chi connectivity index (χ1v) is 11.4. The quantitative estimate of drug-likeness (QED) is 0.422. The van der Waals surface area contributed by atoms with Crippen molar-refractivity contribution < 1.29 is 9.21 Å². The van der Waals surface area contributed by atoms with Crippen LogP contribution in [-0.4, -0.2) is 31.9 Å². The number of nitrogens with one attached hydrogen (secondary N) is 1. The highest BCUT2D eigenvalue weighted by Crippen LogP contribution is 2.42. The largest absolute Gasteiger partial charge is 0.420 e. The maximum atomic E-state index is 12.9. The molecule has 2 aromatic carbocycles. The lowest BCUT2D eigenvalue weighted by Gasteiger charge is -2.15. The summed E-state index contributed by atoms with van der Waals surface area (Å²) in [7, 11) is 0. The Morgan fingerprint density at radius 3 is 2.67 bits per heavy atom. The zero-order valence-electron chi connectivity index (χ0n) is 18.9. The number of carbonyl (C=O) groups is 1. The second-order valence-corrected chi connectivity index (χ2v) is 8.72. The van der Waals surface area contributed by atoms with E-state index in [1.54, 1.807) is 6.92 Å². The monoisotopic (exact) mass is 441 g/mol. The summed E-state index contributed by atoms with van der Waals surface area (Å²) in [6.07, 6.45) is 4.08. The highest BCUT2D eigenvalue weighted by molar-refractivity contribution is 5.94. The predicted octanol–water partition coefficient (Wildman–Crippen LogP) is 4.86. The molecule has 5 rings (SSSR count). The van der Waals surface area contributed by atoms with Gasteiger partial charge in [-0.1, -0.05) is 36.4 Å². The van der Waals surface area contributed by atoms with Gasteiger partial charge in [-0.05, 0) is 62.4 Å². The van der Waals surface area contributed by atoms with Gasteiger partial charge in [0.05, 0.1) is 5.69 Å². The number of carbonyl (C=O) groups excluding carboxylic acids is 1. The van der Waals surface area contributed by atoms with Crippen molar-refractivity contribution in [1.29, 1.82) is 0 Å². The molecule has 2 heterocycles. The highest BCUT2D eigenvalue weighted by Gasteiger charge is 2.30. The number of benzene rings is 2. The fraction of sp³-hybridized carbons (Fsp3) is 0.308. The Morgan fingerprint density at radius 1 is 1.12 bits per heavy atom. The first-order chi connectivity index (χ1) is 16.1. The molecule has 1 N–H and O–H groups in total. The van der Waals surface area contributed by atoms with E-state index < -0.39 is 0 Å². The summed E-state index contributed by atoms with van der Waals surface area (Å²) in [5.41, 5.74) is 4.51. The van der Waals surface area contributed by atoms with Crippen LogP contribution in [0, 0.1) is 6.92 Å². The van der Waals surface area contributed by atoms with Crippen LogP contribution in [0.4, 0.5) is 0 Å². The average molecular weight is 442 g/mol. The van der Waals surface area contributed by atoms with Crippen LogP contribution in [-0.2, 0) is 6.42 Å². The molecule has 33 heavy (non-hydrogen) atoms. The standard InChI is InChI=1S/C26H27N5O2/c1-17(11-12-19-7-4-3-5-8-19)27-25(32)21-9-6-10-22(15-21)31-24(20-13-14-20)16-23(30-31)26-29-28-18(2)33-26/h3-10,15-17,20H,11-14H2,1-2H3,(H,27,32)/t17-/m0/s1.